The molecule has 1 aliphatic carbocycles. The van der Waals surface area contributed by atoms with Crippen molar-refractivity contribution in [3.63, 3.8) is 0 Å². The van der Waals surface area contributed by atoms with Gasteiger partial charge in [0.1, 0.15) is 4.88 Å². The number of nitrogens with one attached hydrogen (secondary N) is 2. The summed E-state index contributed by atoms with van der Waals surface area (Å²) >= 11 is 1.45. The fourth-order valence-electron chi connectivity index (χ4n) is 2.28. The second kappa shape index (κ2) is 5.40. The van der Waals surface area contributed by atoms with Crippen molar-refractivity contribution in [1.82, 2.24) is 15.1 Å². The summed E-state index contributed by atoms with van der Waals surface area (Å²) in [5.41, 5.74) is 9.08. The summed E-state index contributed by atoms with van der Waals surface area (Å²) in [4.78, 5) is 14.4. The summed E-state index contributed by atoms with van der Waals surface area (Å²) in [6.45, 7) is 0.672. The molecule has 0 aromatic carbocycles. The van der Waals surface area contributed by atoms with E-state index < -0.39 is 0 Å². The molecule has 1 amide bonds. The third-order valence-corrected chi connectivity index (χ3v) is 4.74. The maximum Gasteiger partial charge on any atom is 0.265 e. The zero-order valence-electron chi connectivity index (χ0n) is 12.1. The van der Waals surface area contributed by atoms with Gasteiger partial charge in [-0.25, -0.2) is 0 Å². The Morgan fingerprint density at radius 1 is 1.57 bits per heavy atom. The average Bonchev–Trinajstić information content (AvgIpc) is 3.04. The van der Waals surface area contributed by atoms with E-state index in [1.807, 2.05) is 6.20 Å². The summed E-state index contributed by atoms with van der Waals surface area (Å²) < 4.78 is 0. The molecule has 0 unspecified atom stereocenters. The lowest BCUT2D eigenvalue weighted by Crippen LogP contribution is -2.21. The molecule has 2 aromatic heterocycles. The van der Waals surface area contributed by atoms with Gasteiger partial charge in [-0.15, -0.1) is 11.3 Å². The number of carbonyl (C=O) groups excluding carboxylic acids is 1. The van der Waals surface area contributed by atoms with Gasteiger partial charge in [-0.2, -0.15) is 5.10 Å². The molecule has 1 fully saturated rings. The highest BCUT2D eigenvalue weighted by Crippen LogP contribution is 2.51. The molecule has 0 spiro atoms. The van der Waals surface area contributed by atoms with Gasteiger partial charge < -0.3 is 16.0 Å². The Kier molecular flexibility index (Phi) is 3.59. The number of hydrogen-bond donors (Lipinski definition) is 3. The molecule has 2 heterocycles. The normalized spacial score (nSPS) is 14.2. The molecule has 21 heavy (non-hydrogen) atoms. The monoisotopic (exact) mass is 305 g/mol. The van der Waals surface area contributed by atoms with E-state index in [4.69, 9.17) is 5.73 Å². The Morgan fingerprint density at radius 2 is 2.33 bits per heavy atom. The van der Waals surface area contributed by atoms with Crippen LogP contribution in [0.1, 0.15) is 39.6 Å². The standard InChI is InChI=1S/C14H19N5OS/c1-19(2)14(20)12-11(15)10(9-3-4-9)13(21-12)16-5-8-6-17-18-7-8/h6-7,9,16H,3-5,15H2,1-2H3,(H,17,18). The van der Waals surface area contributed by atoms with Crippen molar-refractivity contribution in [1.29, 1.82) is 0 Å². The van der Waals surface area contributed by atoms with Gasteiger partial charge in [0.2, 0.25) is 0 Å². The molecule has 0 aliphatic heterocycles. The Hall–Kier alpha value is -2.02. The van der Waals surface area contributed by atoms with Gasteiger partial charge in [-0.05, 0) is 18.8 Å². The molecule has 7 heteroatoms. The Balaban J connectivity index is 1.87. The van der Waals surface area contributed by atoms with Gasteiger partial charge in [-0.3, -0.25) is 9.89 Å². The minimum atomic E-state index is -0.0317. The van der Waals surface area contributed by atoms with Crippen LogP contribution in [0.5, 0.6) is 0 Å². The first kappa shape index (κ1) is 13.9. The van der Waals surface area contributed by atoms with Crippen LogP contribution in [0.25, 0.3) is 0 Å². The predicted molar refractivity (Wildman–Crippen MR) is 84.6 cm³/mol. The average molecular weight is 305 g/mol. The van der Waals surface area contributed by atoms with E-state index in [0.717, 1.165) is 29.0 Å². The molecule has 3 rings (SSSR count). The van der Waals surface area contributed by atoms with E-state index in [1.165, 1.54) is 11.3 Å². The van der Waals surface area contributed by atoms with Gasteiger partial charge in [0.05, 0.1) is 16.9 Å². The Labute approximate surface area is 127 Å². The van der Waals surface area contributed by atoms with Crippen LogP contribution < -0.4 is 11.1 Å². The lowest BCUT2D eigenvalue weighted by molar-refractivity contribution is 0.0833. The number of carbonyl (C=O) groups is 1. The van der Waals surface area contributed by atoms with E-state index in [0.29, 0.717) is 23.0 Å². The summed E-state index contributed by atoms with van der Waals surface area (Å²) in [5.74, 6) is 0.465. The second-order valence-corrected chi connectivity index (χ2v) is 6.54. The van der Waals surface area contributed by atoms with Crippen LogP contribution in [-0.2, 0) is 6.54 Å². The maximum absolute atomic E-state index is 12.2. The molecule has 1 aliphatic rings. The largest absolute Gasteiger partial charge is 0.397 e. The van der Waals surface area contributed by atoms with Crippen LogP contribution in [0.2, 0.25) is 0 Å². The first-order valence-electron chi connectivity index (χ1n) is 6.93. The number of hydrogen-bond acceptors (Lipinski definition) is 5. The molecular formula is C14H19N5OS. The lowest BCUT2D eigenvalue weighted by Gasteiger charge is -2.08. The maximum atomic E-state index is 12.2. The van der Waals surface area contributed by atoms with E-state index in [9.17, 15) is 4.79 Å². The van der Waals surface area contributed by atoms with Crippen molar-refractivity contribution in [2.45, 2.75) is 25.3 Å². The van der Waals surface area contributed by atoms with Gasteiger partial charge in [-0.1, -0.05) is 0 Å². The number of H-pyrrole nitrogens is 1. The molecule has 0 saturated heterocycles. The summed E-state index contributed by atoms with van der Waals surface area (Å²) in [6, 6.07) is 0. The molecule has 6 nitrogen and oxygen atoms in total. The van der Waals surface area contributed by atoms with E-state index in [1.54, 1.807) is 25.2 Å². The van der Waals surface area contributed by atoms with E-state index in [2.05, 4.69) is 15.5 Å². The number of nitrogens with two attached hydrogens (primary N) is 1. The van der Waals surface area contributed by atoms with Gasteiger partial charge in [0, 0.05) is 38.0 Å². The molecule has 0 bridgehead atoms. The second-order valence-electron chi connectivity index (χ2n) is 5.52. The lowest BCUT2D eigenvalue weighted by atomic mass is 10.1. The zero-order chi connectivity index (χ0) is 15.0. The van der Waals surface area contributed by atoms with Crippen molar-refractivity contribution in [2.75, 3.05) is 25.1 Å². The predicted octanol–water partition coefficient (Wildman–Crippen LogP) is 2.24. The van der Waals surface area contributed by atoms with E-state index in [-0.39, 0.29) is 5.91 Å². The number of amides is 1. The van der Waals surface area contributed by atoms with Gasteiger partial charge in [0.25, 0.3) is 5.91 Å². The van der Waals surface area contributed by atoms with Gasteiger partial charge >= 0.3 is 0 Å². The summed E-state index contributed by atoms with van der Waals surface area (Å²) in [5, 5.41) is 11.1. The zero-order valence-corrected chi connectivity index (χ0v) is 13.0. The van der Waals surface area contributed by atoms with Crippen molar-refractivity contribution in [2.24, 2.45) is 0 Å². The first-order valence-corrected chi connectivity index (χ1v) is 7.75. The highest BCUT2D eigenvalue weighted by molar-refractivity contribution is 7.18. The van der Waals surface area contributed by atoms with Crippen molar-refractivity contribution < 1.29 is 4.79 Å². The van der Waals surface area contributed by atoms with Crippen molar-refractivity contribution in [3.8, 4) is 0 Å². The Morgan fingerprint density at radius 3 is 2.90 bits per heavy atom. The number of thiophene rings is 1. The number of rotatable bonds is 5. The topological polar surface area (TPSA) is 87.0 Å². The molecule has 2 aromatic rings. The third kappa shape index (κ3) is 2.73. The van der Waals surface area contributed by atoms with Crippen molar-refractivity contribution in [3.05, 3.63) is 28.4 Å². The van der Waals surface area contributed by atoms with Gasteiger partial charge in [0.15, 0.2) is 0 Å². The number of aromatic amines is 1. The third-order valence-electron chi connectivity index (χ3n) is 3.58. The van der Waals surface area contributed by atoms with E-state index >= 15 is 0 Å². The van der Waals surface area contributed by atoms with Crippen molar-refractivity contribution >= 4 is 27.9 Å². The van der Waals surface area contributed by atoms with Crippen LogP contribution in [-0.4, -0.2) is 35.1 Å². The summed E-state index contributed by atoms with van der Waals surface area (Å²) in [6.07, 6.45) is 5.94. The number of aromatic nitrogens is 2. The summed E-state index contributed by atoms with van der Waals surface area (Å²) in [7, 11) is 3.49. The quantitative estimate of drug-likeness (QED) is 0.790. The van der Waals surface area contributed by atoms with Crippen LogP contribution in [0.4, 0.5) is 10.7 Å². The number of nitrogens with zero attached hydrogens (tertiary/aromatic N) is 2. The Bertz CT molecular complexity index is 643. The van der Waals surface area contributed by atoms with Crippen LogP contribution in [0.3, 0.4) is 0 Å². The van der Waals surface area contributed by atoms with Crippen LogP contribution >= 0.6 is 11.3 Å². The number of nitrogen functional groups attached to an aromatic ring is 1. The minimum Gasteiger partial charge on any atom is -0.397 e. The molecule has 112 valence electrons. The fourth-order valence-corrected chi connectivity index (χ4v) is 3.51. The minimum absolute atomic E-state index is 0.0317. The molecule has 0 atom stereocenters. The van der Waals surface area contributed by atoms with Crippen LogP contribution in [0, 0.1) is 0 Å². The van der Waals surface area contributed by atoms with Crippen LogP contribution in [0.15, 0.2) is 12.4 Å². The first-order chi connectivity index (χ1) is 10.1. The molecule has 0 radical (unpaired) electrons. The highest BCUT2D eigenvalue weighted by Gasteiger charge is 2.33. The molecular weight excluding hydrogens is 286 g/mol. The molecule has 1 saturated carbocycles. The molecule has 4 N–H and O–H groups in total. The highest BCUT2D eigenvalue weighted by atomic mass is 32.1. The smallest absolute Gasteiger partial charge is 0.265 e. The fraction of sp³-hybridized carbons (Fsp3) is 0.429. The SMILES string of the molecule is CN(C)C(=O)c1sc(NCc2cn[nH]c2)c(C2CC2)c1N. The number of anilines is 2.